The van der Waals surface area contributed by atoms with E-state index in [-0.39, 0.29) is 35.8 Å². The highest BCUT2D eigenvalue weighted by Crippen LogP contribution is 2.38. The molecule has 3 heterocycles. The fraction of sp³-hybridized carbons (Fsp3) is 0.389. The van der Waals surface area contributed by atoms with Crippen molar-refractivity contribution in [1.29, 1.82) is 0 Å². The molecule has 28 heavy (non-hydrogen) atoms. The maximum absolute atomic E-state index is 13.4. The second-order valence-electron chi connectivity index (χ2n) is 6.32. The lowest BCUT2D eigenvalue weighted by atomic mass is 10.1. The van der Waals surface area contributed by atoms with E-state index < -0.39 is 23.4 Å². The Hall–Kier alpha value is -2.17. The van der Waals surface area contributed by atoms with Crippen LogP contribution in [0, 0.1) is 0 Å². The number of carbonyl (C=O) groups is 1. The molecule has 3 atom stereocenters. The van der Waals surface area contributed by atoms with Gasteiger partial charge in [-0.25, -0.2) is 9.97 Å². The Labute approximate surface area is 162 Å². The normalized spacial score (nSPS) is 24.4. The number of carbonyl (C=O) groups excluding carboxylic acids is 1. The molecule has 2 aromatic rings. The Bertz CT molecular complexity index is 909. The predicted octanol–water partition coefficient (Wildman–Crippen LogP) is 3.35. The van der Waals surface area contributed by atoms with E-state index in [0.717, 1.165) is 17.8 Å². The summed E-state index contributed by atoms with van der Waals surface area (Å²) in [5, 5.41) is -0.479. The Morgan fingerprint density at radius 2 is 2.07 bits per heavy atom. The molecule has 4 rings (SSSR count). The van der Waals surface area contributed by atoms with E-state index >= 15 is 0 Å². The van der Waals surface area contributed by atoms with Gasteiger partial charge in [0.15, 0.2) is 10.9 Å². The van der Waals surface area contributed by atoms with Gasteiger partial charge in [0.1, 0.15) is 11.4 Å². The summed E-state index contributed by atoms with van der Waals surface area (Å²) < 4.78 is 55.9. The summed E-state index contributed by atoms with van der Waals surface area (Å²) in [5.41, 5.74) is -0.465. The molecule has 0 amide bonds. The molecule has 0 radical (unpaired) electrons. The minimum Gasteiger partial charge on any atom is -0.497 e. The van der Waals surface area contributed by atoms with Crippen LogP contribution in [0.15, 0.2) is 35.5 Å². The number of Topliss-reactive ketones (excluding diaryl/α,β-unsaturated/α-hetero) is 1. The highest BCUT2D eigenvalue weighted by atomic mass is 32.2. The van der Waals surface area contributed by atoms with Crippen LogP contribution in [0.5, 0.6) is 5.75 Å². The third-order valence-corrected chi connectivity index (χ3v) is 5.57. The maximum atomic E-state index is 13.4. The number of aromatic nitrogens is 2. The second kappa shape index (κ2) is 7.34. The molecule has 148 valence electrons. The number of ketones is 1. The van der Waals surface area contributed by atoms with Crippen LogP contribution in [0.4, 0.5) is 13.2 Å². The third-order valence-electron chi connectivity index (χ3n) is 4.41. The van der Waals surface area contributed by atoms with Crippen molar-refractivity contribution in [2.45, 2.75) is 35.4 Å². The van der Waals surface area contributed by atoms with Crippen molar-refractivity contribution < 1.29 is 32.2 Å². The van der Waals surface area contributed by atoms with Crippen molar-refractivity contribution in [2.75, 3.05) is 13.7 Å². The number of alkyl halides is 3. The number of fused-ring (bicyclic) bond motifs is 2. The third kappa shape index (κ3) is 3.85. The van der Waals surface area contributed by atoms with Crippen molar-refractivity contribution in [3.8, 4) is 17.0 Å². The lowest BCUT2D eigenvalue weighted by Crippen LogP contribution is -2.37. The van der Waals surface area contributed by atoms with Crippen molar-refractivity contribution in [2.24, 2.45) is 0 Å². The molecule has 6 nitrogen and oxygen atoms in total. The Kier molecular flexibility index (Phi) is 5.02. The zero-order valence-corrected chi connectivity index (χ0v) is 15.4. The van der Waals surface area contributed by atoms with Crippen molar-refractivity contribution >= 4 is 17.5 Å². The van der Waals surface area contributed by atoms with Gasteiger partial charge in [-0.05, 0) is 18.2 Å². The van der Waals surface area contributed by atoms with Gasteiger partial charge in [0.2, 0.25) is 6.29 Å². The monoisotopic (exact) mass is 412 g/mol. The minimum atomic E-state index is -4.63. The van der Waals surface area contributed by atoms with Crippen molar-refractivity contribution in [3.63, 3.8) is 0 Å². The van der Waals surface area contributed by atoms with Crippen LogP contribution in [0.3, 0.4) is 0 Å². The molecule has 10 heteroatoms. The molecule has 2 aliphatic rings. The molecule has 1 aromatic heterocycles. The number of halogens is 3. The summed E-state index contributed by atoms with van der Waals surface area (Å²) in [6.07, 6.45) is -5.75. The Balaban J connectivity index is 1.69. The zero-order valence-electron chi connectivity index (χ0n) is 14.6. The molecule has 1 aromatic carbocycles. The van der Waals surface area contributed by atoms with Gasteiger partial charge in [-0.3, -0.25) is 4.79 Å². The van der Waals surface area contributed by atoms with E-state index in [1.54, 1.807) is 24.3 Å². The van der Waals surface area contributed by atoms with Crippen LogP contribution >= 0.6 is 11.8 Å². The molecular weight excluding hydrogens is 397 g/mol. The van der Waals surface area contributed by atoms with Crippen LogP contribution in [0.1, 0.15) is 12.1 Å². The lowest BCUT2D eigenvalue weighted by Gasteiger charge is -2.25. The van der Waals surface area contributed by atoms with Crippen LogP contribution < -0.4 is 4.74 Å². The van der Waals surface area contributed by atoms with E-state index in [9.17, 15) is 18.0 Å². The molecule has 0 spiro atoms. The van der Waals surface area contributed by atoms with Gasteiger partial charge in [-0.2, -0.15) is 13.2 Å². The number of methoxy groups -OCH3 is 1. The molecular formula is C18H15F3N2O4S. The quantitative estimate of drug-likeness (QED) is 0.714. The highest BCUT2D eigenvalue weighted by Gasteiger charge is 2.44. The first-order valence-electron chi connectivity index (χ1n) is 8.40. The average Bonchev–Trinajstić information content (AvgIpc) is 3.11. The fourth-order valence-electron chi connectivity index (χ4n) is 3.02. The summed E-state index contributed by atoms with van der Waals surface area (Å²) in [7, 11) is 1.47. The maximum Gasteiger partial charge on any atom is 0.433 e. The first-order valence-corrected chi connectivity index (χ1v) is 9.28. The Morgan fingerprint density at radius 1 is 1.25 bits per heavy atom. The molecule has 0 saturated carbocycles. The molecule has 0 unspecified atom stereocenters. The summed E-state index contributed by atoms with van der Waals surface area (Å²) in [4.78, 5) is 19.9. The number of benzene rings is 1. The fourth-order valence-corrected chi connectivity index (χ4v) is 4.13. The number of ether oxygens (including phenoxy) is 3. The van der Waals surface area contributed by atoms with Gasteiger partial charge < -0.3 is 14.2 Å². The summed E-state index contributed by atoms with van der Waals surface area (Å²) in [6.45, 7) is 0.218. The zero-order chi connectivity index (χ0) is 19.9. The van der Waals surface area contributed by atoms with E-state index in [2.05, 4.69) is 9.97 Å². The molecule has 2 saturated heterocycles. The molecule has 0 aliphatic carbocycles. The number of thioether (sulfide) groups is 1. The summed E-state index contributed by atoms with van der Waals surface area (Å²) >= 11 is 0.997. The average molecular weight is 412 g/mol. The summed E-state index contributed by atoms with van der Waals surface area (Å²) in [6, 6.07) is 7.49. The predicted molar refractivity (Wildman–Crippen MR) is 92.9 cm³/mol. The van der Waals surface area contributed by atoms with Crippen LogP contribution in [0.2, 0.25) is 0 Å². The first-order chi connectivity index (χ1) is 13.3. The van der Waals surface area contributed by atoms with Gasteiger partial charge in [-0.1, -0.05) is 23.9 Å². The Morgan fingerprint density at radius 3 is 2.82 bits per heavy atom. The molecule has 2 fully saturated rings. The summed E-state index contributed by atoms with van der Waals surface area (Å²) in [5.74, 6) is 0.269. The van der Waals surface area contributed by atoms with E-state index in [1.807, 2.05) is 0 Å². The SMILES string of the molecule is COc1cccc(-c2cc(C(F)(F)F)nc(S[C@@H]3CC(=O)[C@H]4OC[C@@H]3O4)n2)c1. The number of hydrogen-bond donors (Lipinski definition) is 0. The van der Waals surface area contributed by atoms with Gasteiger partial charge in [0, 0.05) is 17.2 Å². The smallest absolute Gasteiger partial charge is 0.433 e. The van der Waals surface area contributed by atoms with Gasteiger partial charge >= 0.3 is 6.18 Å². The molecule has 2 aliphatic heterocycles. The lowest BCUT2D eigenvalue weighted by molar-refractivity contribution is -0.151. The van der Waals surface area contributed by atoms with Gasteiger partial charge in [-0.15, -0.1) is 0 Å². The van der Waals surface area contributed by atoms with Crippen LogP contribution in [-0.2, 0) is 20.4 Å². The standard InChI is InChI=1S/C18H15F3N2O4S/c1-25-10-4-2-3-9(5-10)11-6-15(18(19,20)21)23-17(22-11)28-14-7-12(24)16-26-8-13(14)27-16/h2-6,13-14,16H,7-8H2,1H3/t13-,14+,16-/m0/s1. The largest absolute Gasteiger partial charge is 0.497 e. The first kappa shape index (κ1) is 19.2. The number of nitrogens with zero attached hydrogens (tertiary/aromatic N) is 2. The van der Waals surface area contributed by atoms with Crippen molar-refractivity contribution in [3.05, 3.63) is 36.0 Å². The van der Waals surface area contributed by atoms with E-state index in [4.69, 9.17) is 14.2 Å². The topological polar surface area (TPSA) is 70.5 Å². The second-order valence-corrected chi connectivity index (χ2v) is 7.52. The van der Waals surface area contributed by atoms with Crippen LogP contribution in [0.25, 0.3) is 11.3 Å². The van der Waals surface area contributed by atoms with Gasteiger partial charge in [0.25, 0.3) is 0 Å². The van der Waals surface area contributed by atoms with Crippen molar-refractivity contribution in [1.82, 2.24) is 9.97 Å². The van der Waals surface area contributed by atoms with E-state index in [1.165, 1.54) is 7.11 Å². The number of rotatable bonds is 4. The number of hydrogen-bond acceptors (Lipinski definition) is 7. The van der Waals surface area contributed by atoms with E-state index in [0.29, 0.717) is 11.3 Å². The molecule has 2 bridgehead atoms. The highest BCUT2D eigenvalue weighted by molar-refractivity contribution is 7.99. The molecule has 0 N–H and O–H groups in total. The van der Waals surface area contributed by atoms with Gasteiger partial charge in [0.05, 0.1) is 25.5 Å². The van der Waals surface area contributed by atoms with Crippen LogP contribution in [-0.4, -0.2) is 47.1 Å². The minimum absolute atomic E-state index is 0.0700.